The molecule has 10 nitrogen and oxygen atoms in total. The number of anilines is 1. The molecule has 1 saturated heterocycles. The van der Waals surface area contributed by atoms with Gasteiger partial charge < -0.3 is 19.7 Å². The van der Waals surface area contributed by atoms with Gasteiger partial charge in [0.25, 0.3) is 5.91 Å². The van der Waals surface area contributed by atoms with Crippen LogP contribution in [-0.2, 0) is 16.1 Å². The number of aromatic nitrogens is 4. The summed E-state index contributed by atoms with van der Waals surface area (Å²) in [5, 5.41) is 5.16. The topological polar surface area (TPSA) is 123 Å². The van der Waals surface area contributed by atoms with Crippen molar-refractivity contribution >= 4 is 38.2 Å². The van der Waals surface area contributed by atoms with Gasteiger partial charge in [0, 0.05) is 60.9 Å². The van der Waals surface area contributed by atoms with Gasteiger partial charge >= 0.3 is 0 Å². The van der Waals surface area contributed by atoms with Gasteiger partial charge in [0.15, 0.2) is 5.76 Å². The molecule has 0 bridgehead atoms. The molecule has 3 aliphatic rings. The van der Waals surface area contributed by atoms with Gasteiger partial charge in [-0.3, -0.25) is 13.9 Å². The molecule has 2 aliphatic heterocycles. The van der Waals surface area contributed by atoms with Crippen LogP contribution in [0.2, 0.25) is 0 Å². The van der Waals surface area contributed by atoms with Crippen LogP contribution in [0.5, 0.6) is 0 Å². The molecule has 2 fully saturated rings. The number of amides is 1. The third kappa shape index (κ3) is 3.72. The van der Waals surface area contributed by atoms with Gasteiger partial charge in [0.05, 0.1) is 11.9 Å². The summed E-state index contributed by atoms with van der Waals surface area (Å²) in [5.41, 5.74) is 9.98. The SMILES string of the molecule is C=S1(=O)CCN(CCN2Cc3c(c4c(N)ncnc4n3C(C)C)-c3noc(C4CC4)c3C2=O)CC1. The third-order valence-electron chi connectivity index (χ3n) is 7.42. The lowest BCUT2D eigenvalue weighted by Crippen LogP contribution is -2.44. The van der Waals surface area contributed by atoms with Gasteiger partial charge in [-0.15, -0.1) is 0 Å². The summed E-state index contributed by atoms with van der Waals surface area (Å²) in [6.07, 6.45) is 3.48. The van der Waals surface area contributed by atoms with Crippen LogP contribution in [0.25, 0.3) is 22.3 Å². The minimum Gasteiger partial charge on any atom is -0.383 e. The quantitative estimate of drug-likeness (QED) is 0.532. The van der Waals surface area contributed by atoms with Crippen LogP contribution in [-0.4, -0.2) is 83.2 Å². The van der Waals surface area contributed by atoms with E-state index in [1.54, 1.807) is 0 Å². The number of carbonyl (C=O) groups is 1. The Balaban J connectivity index is 1.46. The van der Waals surface area contributed by atoms with Gasteiger partial charge in [0.1, 0.15) is 29.0 Å². The van der Waals surface area contributed by atoms with Crippen molar-refractivity contribution < 1.29 is 13.5 Å². The van der Waals surface area contributed by atoms with Crippen LogP contribution in [0.15, 0.2) is 10.9 Å². The Labute approximate surface area is 204 Å². The summed E-state index contributed by atoms with van der Waals surface area (Å²) in [4.78, 5) is 27.0. The number of nitrogen functional groups attached to an aromatic ring is 1. The molecule has 3 aromatic rings. The van der Waals surface area contributed by atoms with E-state index in [0.29, 0.717) is 54.0 Å². The van der Waals surface area contributed by atoms with Gasteiger partial charge in [-0.25, -0.2) is 9.97 Å². The van der Waals surface area contributed by atoms with Gasteiger partial charge in [-0.2, -0.15) is 0 Å². The monoisotopic (exact) mass is 497 g/mol. The number of hydrogen-bond acceptors (Lipinski definition) is 8. The van der Waals surface area contributed by atoms with Crippen molar-refractivity contribution in [3.8, 4) is 11.3 Å². The highest BCUT2D eigenvalue weighted by Gasteiger charge is 2.41. The first kappa shape index (κ1) is 22.5. The van der Waals surface area contributed by atoms with E-state index in [2.05, 4.69) is 44.3 Å². The fourth-order valence-electron chi connectivity index (χ4n) is 5.36. The molecule has 0 aromatic carbocycles. The fraction of sp³-hybridized carbons (Fsp3) is 0.542. The van der Waals surface area contributed by atoms with E-state index in [1.165, 1.54) is 6.33 Å². The molecule has 0 radical (unpaired) electrons. The molecule has 5 heterocycles. The molecule has 1 aliphatic carbocycles. The number of nitrogens with two attached hydrogens (primary N) is 1. The van der Waals surface area contributed by atoms with E-state index in [-0.39, 0.29) is 17.9 Å². The minimum atomic E-state index is -1.96. The normalized spacial score (nSPS) is 20.3. The molecule has 2 N–H and O–H groups in total. The first-order valence-electron chi connectivity index (χ1n) is 12.2. The van der Waals surface area contributed by atoms with Crippen molar-refractivity contribution in [2.75, 3.05) is 43.4 Å². The van der Waals surface area contributed by atoms with E-state index in [1.807, 2.05) is 4.90 Å². The van der Waals surface area contributed by atoms with Crippen LogP contribution < -0.4 is 5.73 Å². The van der Waals surface area contributed by atoms with Crippen molar-refractivity contribution in [3.05, 3.63) is 23.3 Å². The predicted molar refractivity (Wildman–Crippen MR) is 136 cm³/mol. The molecule has 186 valence electrons. The second kappa shape index (κ2) is 8.06. The van der Waals surface area contributed by atoms with Gasteiger partial charge in [0.2, 0.25) is 0 Å². The standard InChI is InChI=1S/C24H31N7O3S/c1-14(2)31-16-12-30(7-6-29-8-10-35(3,33)11-9-29)24(32)19-20(28-34-21(19)15-4-5-15)17(16)18-22(25)26-13-27-23(18)31/h13-15H,3-12H2,1-2H3,(H2,25,26,27). The van der Waals surface area contributed by atoms with Crippen molar-refractivity contribution in [2.45, 2.75) is 45.2 Å². The predicted octanol–water partition coefficient (Wildman–Crippen LogP) is 2.11. The summed E-state index contributed by atoms with van der Waals surface area (Å²) in [5.74, 6) is 6.30. The average molecular weight is 498 g/mol. The molecule has 1 amide bonds. The van der Waals surface area contributed by atoms with Crippen molar-refractivity contribution in [1.82, 2.24) is 29.5 Å². The van der Waals surface area contributed by atoms with Crippen molar-refractivity contribution in [2.24, 2.45) is 0 Å². The molecule has 1 saturated carbocycles. The highest BCUT2D eigenvalue weighted by Crippen LogP contribution is 2.48. The van der Waals surface area contributed by atoms with Crippen LogP contribution in [0.3, 0.4) is 0 Å². The number of rotatable bonds is 5. The first-order valence-corrected chi connectivity index (χ1v) is 14.3. The molecule has 11 heteroatoms. The lowest BCUT2D eigenvalue weighted by atomic mass is 10.0. The Morgan fingerprint density at radius 1 is 1.20 bits per heavy atom. The van der Waals surface area contributed by atoms with Crippen molar-refractivity contribution in [3.63, 3.8) is 0 Å². The zero-order valence-electron chi connectivity index (χ0n) is 20.2. The van der Waals surface area contributed by atoms with Crippen LogP contribution >= 0.6 is 0 Å². The lowest BCUT2D eigenvalue weighted by Gasteiger charge is -2.31. The summed E-state index contributed by atoms with van der Waals surface area (Å²) in [6.45, 7) is 7.34. The van der Waals surface area contributed by atoms with Gasteiger partial charge in [-0.05, 0) is 42.1 Å². The Hall–Kier alpha value is -2.92. The number of carbonyl (C=O) groups excluding carboxylic acids is 1. The molecule has 35 heavy (non-hydrogen) atoms. The van der Waals surface area contributed by atoms with Crippen molar-refractivity contribution in [1.29, 1.82) is 0 Å². The average Bonchev–Trinajstić information content (AvgIpc) is 3.49. The molecule has 6 rings (SSSR count). The Morgan fingerprint density at radius 2 is 1.94 bits per heavy atom. The summed E-state index contributed by atoms with van der Waals surface area (Å²) >= 11 is 0. The van der Waals surface area contributed by atoms with Crippen LogP contribution in [0, 0.1) is 0 Å². The Kier molecular flexibility index (Phi) is 5.19. The smallest absolute Gasteiger partial charge is 0.260 e. The number of hydrogen-bond donors (Lipinski definition) is 1. The maximum absolute atomic E-state index is 14.0. The fourth-order valence-corrected chi connectivity index (χ4v) is 6.74. The van der Waals surface area contributed by atoms with Crippen LogP contribution in [0.1, 0.15) is 60.5 Å². The molecular weight excluding hydrogens is 466 g/mol. The van der Waals surface area contributed by atoms with Crippen LogP contribution in [0.4, 0.5) is 5.82 Å². The van der Waals surface area contributed by atoms with E-state index in [0.717, 1.165) is 48.2 Å². The third-order valence-corrected chi connectivity index (χ3v) is 9.27. The maximum atomic E-state index is 14.0. The first-order chi connectivity index (χ1) is 16.7. The number of nitrogens with zero attached hydrogens (tertiary/aromatic N) is 6. The zero-order chi connectivity index (χ0) is 24.5. The lowest BCUT2D eigenvalue weighted by molar-refractivity contribution is 0.0720. The highest BCUT2D eigenvalue weighted by molar-refractivity contribution is 8.00. The van der Waals surface area contributed by atoms with E-state index in [9.17, 15) is 9.00 Å². The summed E-state index contributed by atoms with van der Waals surface area (Å²) in [6, 6.07) is 0.0937. The Morgan fingerprint density at radius 3 is 2.63 bits per heavy atom. The van der Waals surface area contributed by atoms with E-state index >= 15 is 0 Å². The Bertz CT molecular complexity index is 1420. The van der Waals surface area contributed by atoms with Gasteiger partial charge in [-0.1, -0.05) is 5.16 Å². The largest absolute Gasteiger partial charge is 0.383 e. The second-order valence-corrected chi connectivity index (χ2v) is 13.0. The summed E-state index contributed by atoms with van der Waals surface area (Å²) < 4.78 is 20.2. The second-order valence-electron chi connectivity index (χ2n) is 10.2. The minimum absolute atomic E-state index is 0.0591. The molecule has 0 unspecified atom stereocenters. The highest BCUT2D eigenvalue weighted by atomic mass is 32.2. The molecule has 0 atom stereocenters. The molecular formula is C24H31N7O3S. The summed E-state index contributed by atoms with van der Waals surface area (Å²) in [7, 11) is -1.96. The zero-order valence-corrected chi connectivity index (χ0v) is 21.0. The van der Waals surface area contributed by atoms with E-state index < -0.39 is 9.52 Å². The maximum Gasteiger partial charge on any atom is 0.260 e. The van der Waals surface area contributed by atoms with E-state index in [4.69, 9.17) is 10.3 Å². The number of fused-ring (bicyclic) bond motifs is 5. The molecule has 3 aromatic heterocycles. The molecule has 0 spiro atoms.